The minimum Gasteiger partial charge on any atom is -0.496 e. The van der Waals surface area contributed by atoms with E-state index in [1.807, 2.05) is 26.0 Å². The first-order valence-corrected chi connectivity index (χ1v) is 6.96. The summed E-state index contributed by atoms with van der Waals surface area (Å²) in [5, 5.41) is 0.635. The number of carbonyl (C=O) groups excluding carboxylic acids is 1. The summed E-state index contributed by atoms with van der Waals surface area (Å²) in [6.45, 7) is 3.79. The Morgan fingerprint density at radius 1 is 1.10 bits per heavy atom. The zero-order valence-corrected chi connectivity index (χ0v) is 13.0. The molecule has 0 aliphatic rings. The third-order valence-electron chi connectivity index (χ3n) is 3.23. The SMILES string of the molecule is COc1cc(C)c(C(=O)COc2ccc(Cl)cc2)cc1C. The van der Waals surface area contributed by atoms with E-state index in [1.54, 1.807) is 31.4 Å². The van der Waals surface area contributed by atoms with E-state index in [4.69, 9.17) is 21.1 Å². The number of rotatable bonds is 5. The van der Waals surface area contributed by atoms with Crippen LogP contribution in [0.15, 0.2) is 36.4 Å². The molecule has 0 radical (unpaired) electrons. The van der Waals surface area contributed by atoms with Gasteiger partial charge in [-0.1, -0.05) is 11.6 Å². The van der Waals surface area contributed by atoms with Crippen molar-refractivity contribution in [2.45, 2.75) is 13.8 Å². The number of carbonyl (C=O) groups is 1. The van der Waals surface area contributed by atoms with Crippen LogP contribution in [0.1, 0.15) is 21.5 Å². The highest BCUT2D eigenvalue weighted by atomic mass is 35.5. The quantitative estimate of drug-likeness (QED) is 0.776. The summed E-state index contributed by atoms with van der Waals surface area (Å²) < 4.78 is 10.7. The van der Waals surface area contributed by atoms with E-state index >= 15 is 0 Å². The van der Waals surface area contributed by atoms with E-state index in [0.717, 1.165) is 16.9 Å². The predicted molar refractivity (Wildman–Crippen MR) is 83.7 cm³/mol. The molecule has 0 saturated carbocycles. The van der Waals surface area contributed by atoms with Gasteiger partial charge in [0.05, 0.1) is 7.11 Å². The number of ketones is 1. The molecule has 0 fully saturated rings. The molecule has 0 bridgehead atoms. The van der Waals surface area contributed by atoms with Gasteiger partial charge in [0.15, 0.2) is 12.4 Å². The minimum absolute atomic E-state index is 0.00571. The second-order valence-corrected chi connectivity index (χ2v) is 5.24. The largest absolute Gasteiger partial charge is 0.496 e. The Hall–Kier alpha value is -2.00. The van der Waals surface area contributed by atoms with Gasteiger partial charge in [-0.2, -0.15) is 0 Å². The Labute approximate surface area is 129 Å². The highest BCUT2D eigenvalue weighted by Gasteiger charge is 2.13. The van der Waals surface area contributed by atoms with Gasteiger partial charge >= 0.3 is 0 Å². The van der Waals surface area contributed by atoms with Crippen molar-refractivity contribution in [3.63, 3.8) is 0 Å². The Bertz CT molecular complexity index is 648. The van der Waals surface area contributed by atoms with Crippen molar-refractivity contribution in [1.82, 2.24) is 0 Å². The third-order valence-corrected chi connectivity index (χ3v) is 3.48. The van der Waals surface area contributed by atoms with Gasteiger partial charge in [0.2, 0.25) is 0 Å². The number of halogens is 1. The van der Waals surface area contributed by atoms with Crippen LogP contribution in [0.4, 0.5) is 0 Å². The lowest BCUT2D eigenvalue weighted by atomic mass is 10.0. The van der Waals surface area contributed by atoms with Crippen molar-refractivity contribution < 1.29 is 14.3 Å². The summed E-state index contributed by atoms with van der Waals surface area (Å²) in [5.41, 5.74) is 2.46. The lowest BCUT2D eigenvalue weighted by Crippen LogP contribution is -2.13. The van der Waals surface area contributed by atoms with Crippen molar-refractivity contribution in [2.75, 3.05) is 13.7 Å². The van der Waals surface area contributed by atoms with E-state index < -0.39 is 0 Å². The molecule has 2 rings (SSSR count). The van der Waals surface area contributed by atoms with E-state index in [2.05, 4.69) is 0 Å². The van der Waals surface area contributed by atoms with Crippen LogP contribution in [0.3, 0.4) is 0 Å². The fourth-order valence-electron chi connectivity index (χ4n) is 2.07. The zero-order valence-electron chi connectivity index (χ0n) is 12.3. The highest BCUT2D eigenvalue weighted by Crippen LogP contribution is 2.23. The molecule has 0 saturated heterocycles. The van der Waals surface area contributed by atoms with Gasteiger partial charge in [-0.15, -0.1) is 0 Å². The summed E-state index contributed by atoms with van der Waals surface area (Å²) in [7, 11) is 1.62. The van der Waals surface area contributed by atoms with Crippen molar-refractivity contribution in [3.8, 4) is 11.5 Å². The third kappa shape index (κ3) is 3.76. The lowest BCUT2D eigenvalue weighted by molar-refractivity contribution is 0.0921. The first kappa shape index (κ1) is 15.4. The Morgan fingerprint density at radius 2 is 1.76 bits per heavy atom. The number of hydrogen-bond acceptors (Lipinski definition) is 3. The van der Waals surface area contributed by atoms with Gasteiger partial charge in [-0.25, -0.2) is 0 Å². The van der Waals surface area contributed by atoms with E-state index in [9.17, 15) is 4.79 Å². The maximum absolute atomic E-state index is 12.3. The average molecular weight is 305 g/mol. The molecule has 0 N–H and O–H groups in total. The van der Waals surface area contributed by atoms with Crippen LogP contribution in [-0.4, -0.2) is 19.5 Å². The van der Waals surface area contributed by atoms with Gasteiger partial charge in [-0.3, -0.25) is 4.79 Å². The number of hydrogen-bond donors (Lipinski definition) is 0. The molecule has 0 aromatic heterocycles. The van der Waals surface area contributed by atoms with Crippen LogP contribution in [0.5, 0.6) is 11.5 Å². The lowest BCUT2D eigenvalue weighted by Gasteiger charge is -2.11. The van der Waals surface area contributed by atoms with E-state index in [0.29, 0.717) is 16.3 Å². The van der Waals surface area contributed by atoms with Crippen molar-refractivity contribution >= 4 is 17.4 Å². The molecule has 21 heavy (non-hydrogen) atoms. The molecule has 0 aliphatic heterocycles. The first-order chi connectivity index (χ1) is 10.0. The molecule has 2 aromatic rings. The molecule has 0 atom stereocenters. The smallest absolute Gasteiger partial charge is 0.200 e. The van der Waals surface area contributed by atoms with Gasteiger partial charge in [0.25, 0.3) is 0 Å². The standard InChI is InChI=1S/C17H17ClO3/c1-11-9-17(20-3)12(2)8-15(11)16(19)10-21-14-6-4-13(18)5-7-14/h4-9H,10H2,1-3H3. The number of ether oxygens (including phenoxy) is 2. The maximum Gasteiger partial charge on any atom is 0.200 e. The number of benzene rings is 2. The molecule has 3 nitrogen and oxygen atoms in total. The summed E-state index contributed by atoms with van der Waals surface area (Å²) >= 11 is 5.80. The Morgan fingerprint density at radius 3 is 2.38 bits per heavy atom. The first-order valence-electron chi connectivity index (χ1n) is 6.58. The fourth-order valence-corrected chi connectivity index (χ4v) is 2.19. The second kappa shape index (κ2) is 6.64. The number of aryl methyl sites for hydroxylation is 2. The van der Waals surface area contributed by atoms with E-state index in [1.165, 1.54) is 0 Å². The monoisotopic (exact) mass is 304 g/mol. The molecular weight excluding hydrogens is 288 g/mol. The number of methoxy groups -OCH3 is 1. The minimum atomic E-state index is -0.0618. The van der Waals surface area contributed by atoms with Crippen LogP contribution >= 0.6 is 11.6 Å². The molecule has 0 amide bonds. The maximum atomic E-state index is 12.3. The van der Waals surface area contributed by atoms with Crippen molar-refractivity contribution in [3.05, 3.63) is 58.1 Å². The van der Waals surface area contributed by atoms with Gasteiger partial charge in [-0.05, 0) is 61.4 Å². The highest BCUT2D eigenvalue weighted by molar-refractivity contribution is 6.30. The zero-order chi connectivity index (χ0) is 15.4. The fraction of sp³-hybridized carbons (Fsp3) is 0.235. The van der Waals surface area contributed by atoms with Crippen LogP contribution in [0, 0.1) is 13.8 Å². The molecule has 0 aliphatic carbocycles. The molecule has 0 spiro atoms. The topological polar surface area (TPSA) is 35.5 Å². The van der Waals surface area contributed by atoms with Gasteiger partial charge in [0, 0.05) is 10.6 Å². The van der Waals surface area contributed by atoms with Gasteiger partial charge < -0.3 is 9.47 Å². The molecule has 2 aromatic carbocycles. The molecule has 0 heterocycles. The summed E-state index contributed by atoms with van der Waals surface area (Å²) in [4.78, 5) is 12.3. The Balaban J connectivity index is 2.10. The molecule has 4 heteroatoms. The average Bonchev–Trinajstić information content (AvgIpc) is 2.48. The normalized spacial score (nSPS) is 10.3. The van der Waals surface area contributed by atoms with Crippen LogP contribution in [0.25, 0.3) is 0 Å². The Kier molecular flexibility index (Phi) is 4.86. The molecule has 110 valence electrons. The van der Waals surface area contributed by atoms with Gasteiger partial charge in [0.1, 0.15) is 11.5 Å². The predicted octanol–water partition coefficient (Wildman–Crippen LogP) is 4.23. The van der Waals surface area contributed by atoms with Crippen LogP contribution in [-0.2, 0) is 0 Å². The summed E-state index contributed by atoms with van der Waals surface area (Å²) in [5.74, 6) is 1.34. The number of Topliss-reactive ketones (excluding diaryl/α,β-unsaturated/α-hetero) is 1. The van der Waals surface area contributed by atoms with E-state index in [-0.39, 0.29) is 12.4 Å². The van der Waals surface area contributed by atoms with Crippen molar-refractivity contribution in [2.24, 2.45) is 0 Å². The van der Waals surface area contributed by atoms with Crippen LogP contribution < -0.4 is 9.47 Å². The summed E-state index contributed by atoms with van der Waals surface area (Å²) in [6.07, 6.45) is 0. The molecule has 0 unspecified atom stereocenters. The van der Waals surface area contributed by atoms with Crippen molar-refractivity contribution in [1.29, 1.82) is 0 Å². The molecular formula is C17H17ClO3. The summed E-state index contributed by atoms with van der Waals surface area (Å²) in [6, 6.07) is 10.6. The van der Waals surface area contributed by atoms with Crippen LogP contribution in [0.2, 0.25) is 5.02 Å². The second-order valence-electron chi connectivity index (χ2n) is 4.80.